The first-order valence-electron chi connectivity index (χ1n) is 4.26. The van der Waals surface area contributed by atoms with Crippen molar-refractivity contribution in [3.05, 3.63) is 35.5 Å². The van der Waals surface area contributed by atoms with Gasteiger partial charge in [0.05, 0.1) is 0 Å². The predicted octanol–water partition coefficient (Wildman–Crippen LogP) is 2.06. The lowest BCUT2D eigenvalue weighted by Gasteiger charge is -2.05. The number of hydrogen-bond donors (Lipinski definition) is 1. The molecule has 1 N–H and O–H groups in total. The van der Waals surface area contributed by atoms with E-state index in [-0.39, 0.29) is 5.75 Å². The summed E-state index contributed by atoms with van der Waals surface area (Å²) in [6.45, 7) is 1.75. The van der Waals surface area contributed by atoms with Crippen molar-refractivity contribution in [3.63, 3.8) is 0 Å². The quantitative estimate of drug-likeness (QED) is 0.695. The summed E-state index contributed by atoms with van der Waals surface area (Å²) in [6.07, 6.45) is 2.37. The van der Waals surface area contributed by atoms with E-state index in [1.165, 1.54) is 0 Å². The molecule has 0 unspecified atom stereocenters. The molecule has 1 aromatic carbocycles. The van der Waals surface area contributed by atoms with Gasteiger partial charge in [0.25, 0.3) is 0 Å². The fraction of sp³-hybridized carbons (Fsp3) is 0.0909. The molecule has 0 radical (unpaired) electrons. The third kappa shape index (κ3) is 1.14. The average Bonchev–Trinajstić information content (AvgIpc) is 2.23. The van der Waals surface area contributed by atoms with Crippen LogP contribution in [0.2, 0.25) is 0 Å². The van der Waals surface area contributed by atoms with Crippen molar-refractivity contribution in [1.82, 2.24) is 4.98 Å². The van der Waals surface area contributed by atoms with Crippen LogP contribution in [0.3, 0.4) is 0 Å². The molecular formula is C11H9NO2. The van der Waals surface area contributed by atoms with Crippen LogP contribution >= 0.6 is 0 Å². The number of aldehydes is 1. The molecule has 2 aromatic rings. The van der Waals surface area contributed by atoms with Crippen LogP contribution in [-0.2, 0) is 0 Å². The minimum absolute atomic E-state index is 0.145. The third-order valence-electron chi connectivity index (χ3n) is 2.22. The molecule has 0 bridgehead atoms. The Bertz CT molecular complexity index is 506. The SMILES string of the molecule is Cc1cc(C=O)c2cccnc2c1O. The van der Waals surface area contributed by atoms with E-state index < -0.39 is 0 Å². The highest BCUT2D eigenvalue weighted by Gasteiger charge is 2.08. The molecule has 0 saturated carbocycles. The fourth-order valence-electron chi connectivity index (χ4n) is 1.49. The number of aryl methyl sites for hydroxylation is 1. The number of aromatic nitrogens is 1. The van der Waals surface area contributed by atoms with Crippen molar-refractivity contribution in [2.75, 3.05) is 0 Å². The van der Waals surface area contributed by atoms with Gasteiger partial charge in [-0.1, -0.05) is 6.07 Å². The second kappa shape index (κ2) is 3.10. The Morgan fingerprint density at radius 3 is 3.00 bits per heavy atom. The first kappa shape index (κ1) is 8.69. The maximum absolute atomic E-state index is 10.8. The Balaban J connectivity index is 2.96. The van der Waals surface area contributed by atoms with Gasteiger partial charge in [0, 0.05) is 17.1 Å². The number of pyridine rings is 1. The molecule has 0 amide bonds. The highest BCUT2D eigenvalue weighted by Crippen LogP contribution is 2.28. The van der Waals surface area contributed by atoms with Crippen LogP contribution in [0.15, 0.2) is 24.4 Å². The molecule has 0 saturated heterocycles. The summed E-state index contributed by atoms with van der Waals surface area (Å²) >= 11 is 0. The monoisotopic (exact) mass is 187 g/mol. The molecule has 1 heterocycles. The van der Waals surface area contributed by atoms with Gasteiger partial charge < -0.3 is 5.11 Å². The van der Waals surface area contributed by atoms with E-state index in [0.29, 0.717) is 22.0 Å². The summed E-state index contributed by atoms with van der Waals surface area (Å²) in [4.78, 5) is 14.8. The van der Waals surface area contributed by atoms with Crippen LogP contribution in [-0.4, -0.2) is 16.4 Å². The Kier molecular flexibility index (Phi) is 1.93. The molecule has 70 valence electrons. The van der Waals surface area contributed by atoms with E-state index in [9.17, 15) is 9.90 Å². The van der Waals surface area contributed by atoms with E-state index in [1.807, 2.05) is 0 Å². The van der Waals surface area contributed by atoms with Crippen molar-refractivity contribution in [1.29, 1.82) is 0 Å². The summed E-state index contributed by atoms with van der Waals surface area (Å²) in [5.74, 6) is 0.145. The maximum atomic E-state index is 10.8. The van der Waals surface area contributed by atoms with Crippen molar-refractivity contribution >= 4 is 17.2 Å². The van der Waals surface area contributed by atoms with Crippen molar-refractivity contribution in [2.45, 2.75) is 6.92 Å². The molecule has 0 atom stereocenters. The van der Waals surface area contributed by atoms with Crippen molar-refractivity contribution in [2.24, 2.45) is 0 Å². The van der Waals surface area contributed by atoms with E-state index >= 15 is 0 Å². The van der Waals surface area contributed by atoms with Crippen LogP contribution in [0.5, 0.6) is 5.75 Å². The zero-order chi connectivity index (χ0) is 10.1. The molecule has 0 spiro atoms. The van der Waals surface area contributed by atoms with Gasteiger partial charge in [0.15, 0.2) is 6.29 Å². The van der Waals surface area contributed by atoms with Crippen molar-refractivity contribution in [3.8, 4) is 5.75 Å². The summed E-state index contributed by atoms with van der Waals surface area (Å²) in [6, 6.07) is 5.17. The lowest BCUT2D eigenvalue weighted by molar-refractivity contribution is 0.112. The minimum atomic E-state index is 0.145. The third-order valence-corrected chi connectivity index (χ3v) is 2.22. The van der Waals surface area contributed by atoms with Crippen LogP contribution in [0, 0.1) is 6.92 Å². The van der Waals surface area contributed by atoms with E-state index in [4.69, 9.17) is 0 Å². The zero-order valence-corrected chi connectivity index (χ0v) is 7.69. The van der Waals surface area contributed by atoms with Gasteiger partial charge >= 0.3 is 0 Å². The molecular weight excluding hydrogens is 178 g/mol. The number of benzene rings is 1. The van der Waals surface area contributed by atoms with Gasteiger partial charge in [-0.25, -0.2) is 0 Å². The van der Waals surface area contributed by atoms with E-state index in [2.05, 4.69) is 4.98 Å². The standard InChI is InChI=1S/C11H9NO2/c1-7-5-8(6-13)9-3-2-4-12-10(9)11(7)14/h2-6,14H,1H3. The molecule has 3 heteroatoms. The number of nitrogens with zero attached hydrogens (tertiary/aromatic N) is 1. The summed E-state index contributed by atoms with van der Waals surface area (Å²) in [5.41, 5.74) is 1.70. The van der Waals surface area contributed by atoms with Gasteiger partial charge in [-0.05, 0) is 24.6 Å². The van der Waals surface area contributed by atoms with Gasteiger partial charge in [-0.3, -0.25) is 9.78 Å². The fourth-order valence-corrected chi connectivity index (χ4v) is 1.49. The molecule has 14 heavy (non-hydrogen) atoms. The number of fused-ring (bicyclic) bond motifs is 1. The topological polar surface area (TPSA) is 50.2 Å². The number of carbonyl (C=O) groups excluding carboxylic acids is 1. The number of hydrogen-bond acceptors (Lipinski definition) is 3. The van der Waals surface area contributed by atoms with Crippen LogP contribution < -0.4 is 0 Å². The first-order valence-corrected chi connectivity index (χ1v) is 4.26. The molecule has 0 aliphatic carbocycles. The zero-order valence-electron chi connectivity index (χ0n) is 7.69. The number of carbonyl (C=O) groups is 1. The van der Waals surface area contributed by atoms with Crippen molar-refractivity contribution < 1.29 is 9.90 Å². The van der Waals surface area contributed by atoms with E-state index in [0.717, 1.165) is 6.29 Å². The molecule has 0 aliphatic rings. The molecule has 1 aromatic heterocycles. The van der Waals surface area contributed by atoms with Gasteiger partial charge in [-0.2, -0.15) is 0 Å². The molecule has 0 fully saturated rings. The second-order valence-corrected chi connectivity index (χ2v) is 3.15. The maximum Gasteiger partial charge on any atom is 0.150 e. The van der Waals surface area contributed by atoms with Gasteiger partial charge in [-0.15, -0.1) is 0 Å². The lowest BCUT2D eigenvalue weighted by Crippen LogP contribution is -1.89. The molecule has 3 nitrogen and oxygen atoms in total. The highest BCUT2D eigenvalue weighted by atomic mass is 16.3. The van der Waals surface area contributed by atoms with Crippen LogP contribution in [0.1, 0.15) is 15.9 Å². The Morgan fingerprint density at radius 2 is 2.29 bits per heavy atom. The number of rotatable bonds is 1. The first-order chi connectivity index (χ1) is 6.74. The Hall–Kier alpha value is -1.90. The molecule has 0 aliphatic heterocycles. The second-order valence-electron chi connectivity index (χ2n) is 3.15. The summed E-state index contributed by atoms with van der Waals surface area (Å²) < 4.78 is 0. The van der Waals surface area contributed by atoms with Crippen LogP contribution in [0.25, 0.3) is 10.9 Å². The average molecular weight is 187 g/mol. The van der Waals surface area contributed by atoms with Crippen LogP contribution in [0.4, 0.5) is 0 Å². The number of aromatic hydroxyl groups is 1. The summed E-state index contributed by atoms with van der Waals surface area (Å²) in [7, 11) is 0. The normalized spacial score (nSPS) is 10.4. The Morgan fingerprint density at radius 1 is 1.50 bits per heavy atom. The van der Waals surface area contributed by atoms with Gasteiger partial charge in [0.2, 0.25) is 0 Å². The predicted molar refractivity (Wildman–Crippen MR) is 53.5 cm³/mol. The lowest BCUT2D eigenvalue weighted by atomic mass is 10.0. The molecule has 2 rings (SSSR count). The highest BCUT2D eigenvalue weighted by molar-refractivity contribution is 5.99. The minimum Gasteiger partial charge on any atom is -0.505 e. The number of phenols is 1. The van der Waals surface area contributed by atoms with E-state index in [1.54, 1.807) is 31.3 Å². The Labute approximate surface area is 81.0 Å². The number of phenolic OH excluding ortho intramolecular Hbond substituents is 1. The largest absolute Gasteiger partial charge is 0.505 e. The van der Waals surface area contributed by atoms with Gasteiger partial charge in [0.1, 0.15) is 11.3 Å². The summed E-state index contributed by atoms with van der Waals surface area (Å²) in [5, 5.41) is 10.4. The smallest absolute Gasteiger partial charge is 0.150 e.